The predicted octanol–water partition coefficient (Wildman–Crippen LogP) is 3.31. The maximum Gasteiger partial charge on any atom is 0.251 e. The Labute approximate surface area is 110 Å². The molecule has 16 heavy (non-hydrogen) atoms. The van der Waals surface area contributed by atoms with Crippen molar-refractivity contribution >= 4 is 31.9 Å². The molecule has 90 valence electrons. The van der Waals surface area contributed by atoms with Crippen LogP contribution < -0.4 is 0 Å². The van der Waals surface area contributed by atoms with Crippen molar-refractivity contribution in [2.45, 2.75) is 13.0 Å². The van der Waals surface area contributed by atoms with Gasteiger partial charge in [-0.25, -0.2) is 8.78 Å². The lowest BCUT2D eigenvalue weighted by Gasteiger charge is -2.20. The number of rotatable bonds is 6. The zero-order valence-corrected chi connectivity index (χ0v) is 11.7. The Bertz CT molecular complexity index is 323. The van der Waals surface area contributed by atoms with Crippen molar-refractivity contribution in [3.05, 3.63) is 28.5 Å². The van der Waals surface area contributed by atoms with Crippen LogP contribution in [0.4, 0.5) is 8.78 Å². The van der Waals surface area contributed by atoms with E-state index < -0.39 is 6.43 Å². The summed E-state index contributed by atoms with van der Waals surface area (Å²) in [6, 6.07) is 1.89. The van der Waals surface area contributed by atoms with Gasteiger partial charge in [0, 0.05) is 35.3 Å². The number of hydrogen-bond acceptors (Lipinski definition) is 2. The van der Waals surface area contributed by atoms with E-state index in [1.54, 1.807) is 17.3 Å². The molecule has 1 aromatic heterocycles. The normalized spacial score (nSPS) is 11.4. The van der Waals surface area contributed by atoms with Gasteiger partial charge in [0.25, 0.3) is 6.43 Å². The van der Waals surface area contributed by atoms with Crippen LogP contribution in [0.5, 0.6) is 0 Å². The first kappa shape index (κ1) is 14.0. The fourth-order valence-corrected chi connectivity index (χ4v) is 2.26. The monoisotopic (exact) mass is 356 g/mol. The Hall–Kier alpha value is -0.0700. The first-order valence-electron chi connectivity index (χ1n) is 4.77. The summed E-state index contributed by atoms with van der Waals surface area (Å²) in [5, 5.41) is 0.682. The highest BCUT2D eigenvalue weighted by Crippen LogP contribution is 2.12. The number of halogens is 4. The van der Waals surface area contributed by atoms with Crippen LogP contribution in [0.25, 0.3) is 0 Å². The fourth-order valence-electron chi connectivity index (χ4n) is 1.35. The smallest absolute Gasteiger partial charge is 0.251 e. The van der Waals surface area contributed by atoms with Crippen molar-refractivity contribution in [3.63, 3.8) is 0 Å². The van der Waals surface area contributed by atoms with E-state index in [1.807, 2.05) is 6.07 Å². The highest BCUT2D eigenvalue weighted by Gasteiger charge is 2.12. The van der Waals surface area contributed by atoms with E-state index in [0.717, 1.165) is 10.0 Å². The Kier molecular flexibility index (Phi) is 6.38. The molecule has 6 heteroatoms. The number of hydrogen-bond donors (Lipinski definition) is 0. The van der Waals surface area contributed by atoms with Crippen LogP contribution in [-0.2, 0) is 6.54 Å². The first-order chi connectivity index (χ1) is 7.61. The molecule has 0 aromatic carbocycles. The average Bonchev–Trinajstić information content (AvgIpc) is 2.16. The van der Waals surface area contributed by atoms with E-state index in [4.69, 9.17) is 0 Å². The van der Waals surface area contributed by atoms with Gasteiger partial charge < -0.3 is 0 Å². The van der Waals surface area contributed by atoms with Crippen LogP contribution in [0.2, 0.25) is 0 Å². The zero-order chi connectivity index (χ0) is 12.0. The van der Waals surface area contributed by atoms with E-state index in [2.05, 4.69) is 36.8 Å². The molecule has 0 bridgehead atoms. The molecule has 0 fully saturated rings. The lowest BCUT2D eigenvalue weighted by atomic mass is 10.2. The molecule has 0 saturated carbocycles. The summed E-state index contributed by atoms with van der Waals surface area (Å²) in [7, 11) is 0. The summed E-state index contributed by atoms with van der Waals surface area (Å²) in [6.45, 7) is 0.872. The van der Waals surface area contributed by atoms with Crippen LogP contribution >= 0.6 is 31.9 Å². The molecule has 0 unspecified atom stereocenters. The second-order valence-electron chi connectivity index (χ2n) is 3.33. The highest BCUT2D eigenvalue weighted by atomic mass is 79.9. The van der Waals surface area contributed by atoms with E-state index in [9.17, 15) is 8.78 Å². The van der Waals surface area contributed by atoms with Gasteiger partial charge in [0.15, 0.2) is 0 Å². The summed E-state index contributed by atoms with van der Waals surface area (Å²) < 4.78 is 25.5. The van der Waals surface area contributed by atoms with Crippen LogP contribution in [-0.4, -0.2) is 34.7 Å². The second-order valence-corrected chi connectivity index (χ2v) is 5.04. The predicted molar refractivity (Wildman–Crippen MR) is 67.0 cm³/mol. The number of aromatic nitrogens is 1. The Morgan fingerprint density at radius 1 is 1.38 bits per heavy atom. The molecule has 0 spiro atoms. The lowest BCUT2D eigenvalue weighted by molar-refractivity contribution is 0.0881. The molecule has 1 aromatic rings. The minimum atomic E-state index is -2.31. The number of nitrogens with zero attached hydrogens (tertiary/aromatic N) is 2. The second kappa shape index (κ2) is 7.29. The Morgan fingerprint density at radius 3 is 2.69 bits per heavy atom. The molecule has 0 N–H and O–H groups in total. The fraction of sp³-hybridized carbons (Fsp3) is 0.500. The molecule has 1 rings (SSSR count). The standard InChI is InChI=1S/C10H12Br2F2N2/c11-1-2-16(7-10(13)14)6-8-3-9(12)5-15-4-8/h3-5,10H,1-2,6-7H2. The molecular formula is C10H12Br2F2N2. The van der Waals surface area contributed by atoms with Crippen LogP contribution in [0, 0.1) is 0 Å². The van der Waals surface area contributed by atoms with E-state index in [-0.39, 0.29) is 6.54 Å². The minimum Gasteiger partial charge on any atom is -0.293 e. The van der Waals surface area contributed by atoms with Crippen molar-refractivity contribution in [1.29, 1.82) is 0 Å². The van der Waals surface area contributed by atoms with Gasteiger partial charge in [0.1, 0.15) is 0 Å². The summed E-state index contributed by atoms with van der Waals surface area (Å²) in [6.07, 6.45) is 1.06. The molecule has 0 radical (unpaired) electrons. The minimum absolute atomic E-state index is 0.210. The maximum atomic E-state index is 12.3. The van der Waals surface area contributed by atoms with Gasteiger partial charge in [-0.1, -0.05) is 15.9 Å². The first-order valence-corrected chi connectivity index (χ1v) is 6.69. The Balaban J connectivity index is 2.60. The molecular weight excluding hydrogens is 346 g/mol. The topological polar surface area (TPSA) is 16.1 Å². The Morgan fingerprint density at radius 2 is 2.12 bits per heavy atom. The molecule has 0 amide bonds. The van der Waals surface area contributed by atoms with E-state index in [1.165, 1.54) is 0 Å². The van der Waals surface area contributed by atoms with Crippen molar-refractivity contribution < 1.29 is 8.78 Å². The largest absolute Gasteiger partial charge is 0.293 e. The third-order valence-corrected chi connectivity index (χ3v) is 2.75. The van der Waals surface area contributed by atoms with Gasteiger partial charge in [-0.3, -0.25) is 9.88 Å². The summed E-state index contributed by atoms with van der Waals surface area (Å²) in [5.74, 6) is 0. The molecule has 0 aliphatic carbocycles. The SMILES string of the molecule is FC(F)CN(CCBr)Cc1cncc(Br)c1. The molecule has 0 aliphatic heterocycles. The third kappa shape index (κ3) is 5.32. The molecule has 2 nitrogen and oxygen atoms in total. The van der Waals surface area contributed by atoms with Gasteiger partial charge in [0.2, 0.25) is 0 Å². The van der Waals surface area contributed by atoms with Gasteiger partial charge in [0.05, 0.1) is 6.54 Å². The van der Waals surface area contributed by atoms with Crippen molar-refractivity contribution in [2.24, 2.45) is 0 Å². The van der Waals surface area contributed by atoms with Crippen molar-refractivity contribution in [3.8, 4) is 0 Å². The summed E-state index contributed by atoms with van der Waals surface area (Å²) >= 11 is 6.56. The number of alkyl halides is 3. The zero-order valence-electron chi connectivity index (χ0n) is 8.54. The van der Waals surface area contributed by atoms with Gasteiger partial charge in [-0.2, -0.15) is 0 Å². The molecule has 0 atom stereocenters. The molecule has 1 heterocycles. The lowest BCUT2D eigenvalue weighted by Crippen LogP contribution is -2.30. The van der Waals surface area contributed by atoms with Crippen LogP contribution in [0.1, 0.15) is 5.56 Å². The molecule has 0 aliphatic rings. The van der Waals surface area contributed by atoms with Gasteiger partial charge >= 0.3 is 0 Å². The van der Waals surface area contributed by atoms with E-state index >= 15 is 0 Å². The van der Waals surface area contributed by atoms with Gasteiger partial charge in [-0.15, -0.1) is 0 Å². The summed E-state index contributed by atoms with van der Waals surface area (Å²) in [4.78, 5) is 5.70. The van der Waals surface area contributed by atoms with Crippen LogP contribution in [0.3, 0.4) is 0 Å². The van der Waals surface area contributed by atoms with E-state index in [0.29, 0.717) is 18.4 Å². The average molecular weight is 358 g/mol. The van der Waals surface area contributed by atoms with Crippen molar-refractivity contribution in [1.82, 2.24) is 9.88 Å². The van der Waals surface area contributed by atoms with Crippen molar-refractivity contribution in [2.75, 3.05) is 18.4 Å². The summed E-state index contributed by atoms with van der Waals surface area (Å²) in [5.41, 5.74) is 0.927. The van der Waals surface area contributed by atoms with Crippen LogP contribution in [0.15, 0.2) is 22.9 Å². The number of pyridine rings is 1. The maximum absolute atomic E-state index is 12.3. The third-order valence-electron chi connectivity index (χ3n) is 1.96. The quantitative estimate of drug-likeness (QED) is 0.726. The van der Waals surface area contributed by atoms with Gasteiger partial charge in [-0.05, 0) is 27.6 Å². The molecule has 0 saturated heterocycles. The highest BCUT2D eigenvalue weighted by molar-refractivity contribution is 9.10.